The number of hydrogen-bond acceptors (Lipinski definition) is 6. The van der Waals surface area contributed by atoms with Crippen molar-refractivity contribution < 1.29 is 10.2 Å². The summed E-state index contributed by atoms with van der Waals surface area (Å²) < 4.78 is 0. The molecule has 2 aliphatic heterocycles. The molecule has 2 aromatic carbocycles. The van der Waals surface area contributed by atoms with Gasteiger partial charge in [-0.1, -0.05) is 49.6 Å². The molecule has 6 heteroatoms. The number of fused-ring (bicyclic) bond motifs is 1. The summed E-state index contributed by atoms with van der Waals surface area (Å²) in [5, 5.41) is 36.3. The Labute approximate surface area is 183 Å². The number of nitrogens with zero attached hydrogens (tertiary/aromatic N) is 2. The molecule has 2 aromatic rings. The van der Waals surface area contributed by atoms with Crippen molar-refractivity contribution in [2.45, 2.75) is 31.7 Å². The third kappa shape index (κ3) is 4.35. The van der Waals surface area contributed by atoms with Gasteiger partial charge in [-0.3, -0.25) is 4.90 Å². The average Bonchev–Trinajstić information content (AvgIpc) is 3.01. The van der Waals surface area contributed by atoms with E-state index < -0.39 is 5.91 Å². The van der Waals surface area contributed by atoms with Gasteiger partial charge in [-0.25, -0.2) is 0 Å². The molecule has 2 aliphatic rings. The number of allylic oxidation sites excluding steroid dienone is 1. The highest BCUT2D eigenvalue weighted by Crippen LogP contribution is 2.40. The minimum atomic E-state index is -2.00. The average molecular weight is 417 g/mol. The normalized spacial score (nSPS) is 17.0. The second kappa shape index (κ2) is 8.20. The minimum Gasteiger partial charge on any atom is -0.373 e. The van der Waals surface area contributed by atoms with Crippen LogP contribution in [0.15, 0.2) is 67.0 Å². The lowest BCUT2D eigenvalue weighted by Crippen LogP contribution is -2.47. The van der Waals surface area contributed by atoms with E-state index in [1.807, 2.05) is 42.5 Å². The molecule has 0 aromatic heterocycles. The first-order valence-electron chi connectivity index (χ1n) is 10.5. The Balaban J connectivity index is 1.49. The van der Waals surface area contributed by atoms with Gasteiger partial charge in [0.1, 0.15) is 6.04 Å². The fourth-order valence-electron chi connectivity index (χ4n) is 4.17. The molecule has 0 amide bonds. The first kappa shape index (κ1) is 21.1. The van der Waals surface area contributed by atoms with Crippen LogP contribution >= 0.6 is 0 Å². The summed E-state index contributed by atoms with van der Waals surface area (Å²) >= 11 is 0. The van der Waals surface area contributed by atoms with Gasteiger partial charge in [-0.2, -0.15) is 5.26 Å². The highest BCUT2D eigenvalue weighted by molar-refractivity contribution is 5.75. The highest BCUT2D eigenvalue weighted by Gasteiger charge is 2.35. The molecule has 0 bridgehead atoms. The van der Waals surface area contributed by atoms with E-state index in [9.17, 15) is 15.5 Å². The summed E-state index contributed by atoms with van der Waals surface area (Å²) in [6.07, 6.45) is 1.19. The summed E-state index contributed by atoms with van der Waals surface area (Å²) in [6.45, 7) is 11.2. The quantitative estimate of drug-likeness (QED) is 0.519. The van der Waals surface area contributed by atoms with Crippen molar-refractivity contribution >= 4 is 5.69 Å². The van der Waals surface area contributed by atoms with Crippen molar-refractivity contribution in [3.8, 4) is 17.2 Å². The molecular formula is C25H28N4O2. The zero-order chi connectivity index (χ0) is 22.2. The standard InChI is InChI=1S/C25H28N4O2/c1-16-10-21-9-8-20(12-24(21)29(16)25(3,30)31)19-6-4-18(5-7-19)11-23(13-26)28-17(2)22-14-27-15-22/h4-9,12,22-23,27-28,30-31H,1-2,10-11,14-15H2,3H3. The first-order valence-corrected chi connectivity index (χ1v) is 10.5. The van der Waals surface area contributed by atoms with Gasteiger partial charge >= 0.3 is 0 Å². The lowest BCUT2D eigenvalue weighted by atomic mass is 9.97. The van der Waals surface area contributed by atoms with E-state index in [4.69, 9.17) is 0 Å². The number of nitriles is 1. The molecule has 0 radical (unpaired) electrons. The molecule has 1 saturated heterocycles. The monoisotopic (exact) mass is 416 g/mol. The second-order valence-electron chi connectivity index (χ2n) is 8.50. The maximum absolute atomic E-state index is 10.1. The summed E-state index contributed by atoms with van der Waals surface area (Å²) in [5.41, 5.74) is 6.43. The molecule has 2 heterocycles. The Bertz CT molecular complexity index is 1040. The Morgan fingerprint density at radius 1 is 1.26 bits per heavy atom. The molecule has 160 valence electrons. The van der Waals surface area contributed by atoms with Crippen molar-refractivity contribution in [1.82, 2.24) is 10.6 Å². The molecule has 0 saturated carbocycles. The molecule has 6 nitrogen and oxygen atoms in total. The van der Waals surface area contributed by atoms with E-state index in [0.29, 0.717) is 24.5 Å². The third-order valence-electron chi connectivity index (χ3n) is 5.98. The Kier molecular flexibility index (Phi) is 5.59. The van der Waals surface area contributed by atoms with Crippen molar-refractivity contribution in [2.24, 2.45) is 5.92 Å². The van der Waals surface area contributed by atoms with Crippen LogP contribution in [0.5, 0.6) is 0 Å². The van der Waals surface area contributed by atoms with E-state index in [-0.39, 0.29) is 6.04 Å². The highest BCUT2D eigenvalue weighted by atomic mass is 16.5. The number of anilines is 1. The third-order valence-corrected chi connectivity index (χ3v) is 5.98. The van der Waals surface area contributed by atoms with Gasteiger partial charge < -0.3 is 20.8 Å². The SMILES string of the molecule is C=C(NC(C#N)Cc1ccc(-c2ccc3c(c2)N(C(C)(O)O)C(=C)C3)cc1)C1CNC1. The van der Waals surface area contributed by atoms with Gasteiger partial charge in [-0.05, 0) is 28.3 Å². The van der Waals surface area contributed by atoms with Crippen LogP contribution in [0.4, 0.5) is 5.69 Å². The molecule has 1 unspecified atom stereocenters. The largest absolute Gasteiger partial charge is 0.373 e. The summed E-state index contributed by atoms with van der Waals surface area (Å²) in [4.78, 5) is 1.47. The number of aliphatic hydroxyl groups is 2. The van der Waals surface area contributed by atoms with Crippen LogP contribution in [0.2, 0.25) is 0 Å². The van der Waals surface area contributed by atoms with Gasteiger partial charge in [0.2, 0.25) is 5.91 Å². The Morgan fingerprint density at radius 2 is 1.94 bits per heavy atom. The van der Waals surface area contributed by atoms with Gasteiger partial charge in [0.15, 0.2) is 0 Å². The van der Waals surface area contributed by atoms with E-state index in [0.717, 1.165) is 46.7 Å². The molecule has 31 heavy (non-hydrogen) atoms. The second-order valence-corrected chi connectivity index (χ2v) is 8.50. The number of nitrogens with one attached hydrogen (secondary N) is 2. The number of hydrogen-bond donors (Lipinski definition) is 4. The van der Waals surface area contributed by atoms with E-state index >= 15 is 0 Å². The maximum Gasteiger partial charge on any atom is 0.247 e. The lowest BCUT2D eigenvalue weighted by molar-refractivity contribution is -0.139. The predicted molar refractivity (Wildman–Crippen MR) is 122 cm³/mol. The van der Waals surface area contributed by atoms with Crippen LogP contribution in [-0.4, -0.2) is 35.3 Å². The van der Waals surface area contributed by atoms with Gasteiger partial charge in [0.05, 0.1) is 6.07 Å². The smallest absolute Gasteiger partial charge is 0.247 e. The predicted octanol–water partition coefficient (Wildman–Crippen LogP) is 2.65. The van der Waals surface area contributed by atoms with E-state index in [1.165, 1.54) is 11.8 Å². The van der Waals surface area contributed by atoms with E-state index in [2.05, 4.69) is 29.9 Å². The Hall–Kier alpha value is -3.11. The summed E-state index contributed by atoms with van der Waals surface area (Å²) in [7, 11) is 0. The number of benzene rings is 2. The lowest BCUT2D eigenvalue weighted by Gasteiger charge is -2.31. The fourth-order valence-corrected chi connectivity index (χ4v) is 4.17. The van der Waals surface area contributed by atoms with Gasteiger partial charge in [-0.15, -0.1) is 0 Å². The molecular weight excluding hydrogens is 388 g/mol. The van der Waals surface area contributed by atoms with Crippen LogP contribution in [0.1, 0.15) is 18.1 Å². The Morgan fingerprint density at radius 3 is 2.52 bits per heavy atom. The van der Waals surface area contributed by atoms with Crippen molar-refractivity contribution in [3.63, 3.8) is 0 Å². The van der Waals surface area contributed by atoms with Crippen LogP contribution in [0.25, 0.3) is 11.1 Å². The van der Waals surface area contributed by atoms with Crippen molar-refractivity contribution in [1.29, 1.82) is 5.26 Å². The van der Waals surface area contributed by atoms with Gasteiger partial charge in [0.25, 0.3) is 0 Å². The number of rotatable bonds is 7. The molecule has 0 spiro atoms. The van der Waals surface area contributed by atoms with Crippen LogP contribution in [0.3, 0.4) is 0 Å². The molecule has 0 aliphatic carbocycles. The van der Waals surface area contributed by atoms with Crippen LogP contribution in [0, 0.1) is 17.2 Å². The van der Waals surface area contributed by atoms with Gasteiger partial charge in [0, 0.05) is 55.9 Å². The zero-order valence-electron chi connectivity index (χ0n) is 17.7. The van der Waals surface area contributed by atoms with Crippen molar-refractivity contribution in [2.75, 3.05) is 18.0 Å². The van der Waals surface area contributed by atoms with Crippen LogP contribution in [-0.2, 0) is 12.8 Å². The molecule has 4 N–H and O–H groups in total. The zero-order valence-corrected chi connectivity index (χ0v) is 17.7. The van der Waals surface area contributed by atoms with Crippen molar-refractivity contribution in [3.05, 3.63) is 78.1 Å². The fraction of sp³-hybridized carbons (Fsp3) is 0.320. The molecule has 1 fully saturated rings. The molecule has 1 atom stereocenters. The van der Waals surface area contributed by atoms with E-state index in [1.54, 1.807) is 0 Å². The summed E-state index contributed by atoms with van der Waals surface area (Å²) in [5.74, 6) is -1.60. The maximum atomic E-state index is 10.1. The minimum absolute atomic E-state index is 0.315. The first-order chi connectivity index (χ1) is 14.8. The summed E-state index contributed by atoms with van der Waals surface area (Å²) in [6, 6.07) is 16.1. The van der Waals surface area contributed by atoms with Crippen LogP contribution < -0.4 is 15.5 Å². The molecule has 4 rings (SSSR count). The topological polar surface area (TPSA) is 91.6 Å².